The molecular formula is C17H22ClN4O3S2-. The smallest absolute Gasteiger partial charge is 0.254 e. The number of carbonyl (C=O) groups is 1. The van der Waals surface area contributed by atoms with Gasteiger partial charge in [0.15, 0.2) is 0 Å². The number of nitrogens with one attached hydrogen (secondary N) is 1. The van der Waals surface area contributed by atoms with E-state index in [4.69, 9.17) is 11.6 Å². The Bertz CT molecular complexity index is 853. The summed E-state index contributed by atoms with van der Waals surface area (Å²) in [6.45, 7) is 7.35. The highest BCUT2D eigenvalue weighted by Gasteiger charge is 2.33. The van der Waals surface area contributed by atoms with Gasteiger partial charge in [0.05, 0.1) is 22.5 Å². The molecule has 1 saturated heterocycles. The third-order valence-corrected chi connectivity index (χ3v) is 6.11. The third kappa shape index (κ3) is 4.97. The van der Waals surface area contributed by atoms with Gasteiger partial charge in [-0.15, -0.1) is 11.3 Å². The van der Waals surface area contributed by atoms with Gasteiger partial charge in [-0.25, -0.2) is 0 Å². The molecule has 1 aliphatic heterocycles. The number of hydrogen-bond acceptors (Lipinski definition) is 7. The van der Waals surface area contributed by atoms with Crippen molar-refractivity contribution in [2.75, 3.05) is 24.3 Å². The SMILES string of the molecule is CC(C)(C)C(=O)n1nc(C2CN(CS(=O)[O-])C2)cc1NCc1ccc(Cl)s1. The molecule has 10 heteroatoms. The first-order valence-corrected chi connectivity index (χ1v) is 11.0. The lowest BCUT2D eigenvalue weighted by Gasteiger charge is -2.38. The third-order valence-electron chi connectivity index (χ3n) is 4.30. The van der Waals surface area contributed by atoms with Crippen LogP contribution in [0.2, 0.25) is 4.34 Å². The van der Waals surface area contributed by atoms with Crippen LogP contribution < -0.4 is 5.32 Å². The Morgan fingerprint density at radius 3 is 2.70 bits per heavy atom. The van der Waals surface area contributed by atoms with Crippen molar-refractivity contribution in [1.29, 1.82) is 0 Å². The molecule has 0 aliphatic carbocycles. The minimum absolute atomic E-state index is 0.0301. The van der Waals surface area contributed by atoms with Crippen molar-refractivity contribution in [3.63, 3.8) is 0 Å². The van der Waals surface area contributed by atoms with Gasteiger partial charge < -0.3 is 9.87 Å². The van der Waals surface area contributed by atoms with E-state index in [0.717, 1.165) is 14.9 Å². The molecule has 3 heterocycles. The van der Waals surface area contributed by atoms with Gasteiger partial charge in [-0.3, -0.25) is 13.9 Å². The number of anilines is 1. The predicted molar refractivity (Wildman–Crippen MR) is 107 cm³/mol. The Labute approximate surface area is 170 Å². The lowest BCUT2D eigenvalue weighted by Crippen LogP contribution is -2.46. The fourth-order valence-electron chi connectivity index (χ4n) is 2.83. The van der Waals surface area contributed by atoms with Crippen LogP contribution in [0.25, 0.3) is 0 Å². The van der Waals surface area contributed by atoms with Crippen molar-refractivity contribution in [3.05, 3.63) is 33.1 Å². The average molecular weight is 430 g/mol. The van der Waals surface area contributed by atoms with Crippen LogP contribution in [-0.2, 0) is 17.6 Å². The van der Waals surface area contributed by atoms with E-state index in [1.807, 2.05) is 43.9 Å². The number of likely N-dealkylation sites (tertiary alicyclic amines) is 1. The average Bonchev–Trinajstić information content (AvgIpc) is 3.12. The molecule has 2 aromatic heterocycles. The topological polar surface area (TPSA) is 90.3 Å². The first-order chi connectivity index (χ1) is 12.6. The van der Waals surface area contributed by atoms with E-state index in [1.54, 1.807) is 0 Å². The van der Waals surface area contributed by atoms with Crippen molar-refractivity contribution in [2.24, 2.45) is 5.41 Å². The summed E-state index contributed by atoms with van der Waals surface area (Å²) in [5.74, 6) is 0.694. The van der Waals surface area contributed by atoms with E-state index in [-0.39, 0.29) is 17.7 Å². The second-order valence-electron chi connectivity index (χ2n) is 7.65. The molecule has 0 spiro atoms. The van der Waals surface area contributed by atoms with Gasteiger partial charge in [0.25, 0.3) is 5.91 Å². The molecular weight excluding hydrogens is 408 g/mol. The molecule has 1 N–H and O–H groups in total. The molecule has 1 atom stereocenters. The standard InChI is InChI=1S/C17H23ClN4O3S2/c1-17(2,3)16(23)22-15(19-7-12-4-5-14(18)26-12)6-13(20-22)11-8-21(9-11)10-27(24)25/h4-6,11,19H,7-10H2,1-3H3,(H,24,25)/p-1. The molecule has 0 bridgehead atoms. The lowest BCUT2D eigenvalue weighted by atomic mass is 9.96. The quantitative estimate of drug-likeness (QED) is 0.709. The number of carbonyl (C=O) groups excluding carboxylic acids is 1. The van der Waals surface area contributed by atoms with Gasteiger partial charge in [0, 0.05) is 35.4 Å². The molecule has 0 aromatic carbocycles. The van der Waals surface area contributed by atoms with Crippen molar-refractivity contribution in [2.45, 2.75) is 33.2 Å². The van der Waals surface area contributed by atoms with Crippen molar-refractivity contribution in [1.82, 2.24) is 14.7 Å². The highest BCUT2D eigenvalue weighted by Crippen LogP contribution is 2.30. The minimum atomic E-state index is -2.08. The highest BCUT2D eigenvalue weighted by atomic mass is 35.5. The summed E-state index contributed by atoms with van der Waals surface area (Å²) in [7, 11) is 0. The molecule has 148 valence electrons. The zero-order valence-corrected chi connectivity index (χ0v) is 17.8. The van der Waals surface area contributed by atoms with Crippen LogP contribution >= 0.6 is 22.9 Å². The Hall–Kier alpha value is -1.26. The summed E-state index contributed by atoms with van der Waals surface area (Å²) in [6.07, 6.45) is 0. The van der Waals surface area contributed by atoms with Crippen LogP contribution in [0.4, 0.5) is 5.82 Å². The normalized spacial score (nSPS) is 16.9. The van der Waals surface area contributed by atoms with Gasteiger partial charge in [-0.05, 0) is 23.2 Å². The van der Waals surface area contributed by atoms with Gasteiger partial charge in [-0.2, -0.15) is 9.78 Å². The van der Waals surface area contributed by atoms with Gasteiger partial charge in [0.2, 0.25) is 0 Å². The minimum Gasteiger partial charge on any atom is -0.771 e. The second kappa shape index (κ2) is 8.00. The van der Waals surface area contributed by atoms with Crippen LogP contribution in [0, 0.1) is 5.41 Å². The highest BCUT2D eigenvalue weighted by molar-refractivity contribution is 7.79. The predicted octanol–water partition coefficient (Wildman–Crippen LogP) is 3.13. The summed E-state index contributed by atoms with van der Waals surface area (Å²) in [5.41, 5.74) is 0.226. The number of hydrogen-bond donors (Lipinski definition) is 1. The maximum Gasteiger partial charge on any atom is 0.254 e. The van der Waals surface area contributed by atoms with E-state index < -0.39 is 16.5 Å². The molecule has 0 amide bonds. The van der Waals surface area contributed by atoms with E-state index >= 15 is 0 Å². The maximum atomic E-state index is 12.8. The zero-order valence-electron chi connectivity index (χ0n) is 15.4. The van der Waals surface area contributed by atoms with Crippen LogP contribution in [-0.4, -0.2) is 48.3 Å². The number of aromatic nitrogens is 2. The van der Waals surface area contributed by atoms with E-state index in [9.17, 15) is 13.6 Å². The molecule has 0 saturated carbocycles. The van der Waals surface area contributed by atoms with Crippen molar-refractivity contribution < 1.29 is 13.6 Å². The van der Waals surface area contributed by atoms with Crippen LogP contribution in [0.5, 0.6) is 0 Å². The summed E-state index contributed by atoms with van der Waals surface area (Å²) >= 11 is 5.38. The van der Waals surface area contributed by atoms with Crippen LogP contribution in [0.1, 0.15) is 42.1 Å². The monoisotopic (exact) mass is 429 g/mol. The summed E-state index contributed by atoms with van der Waals surface area (Å²) in [4.78, 5) is 15.7. The fourth-order valence-corrected chi connectivity index (χ4v) is 4.37. The number of rotatable bonds is 6. The Morgan fingerprint density at radius 2 is 2.15 bits per heavy atom. The number of nitrogens with zero attached hydrogens (tertiary/aromatic N) is 3. The molecule has 1 fully saturated rings. The summed E-state index contributed by atoms with van der Waals surface area (Å²) < 4.78 is 23.8. The van der Waals surface area contributed by atoms with Gasteiger partial charge >= 0.3 is 0 Å². The molecule has 2 aromatic rings. The molecule has 1 aliphatic rings. The molecule has 27 heavy (non-hydrogen) atoms. The first kappa shape index (κ1) is 20.5. The Kier molecular flexibility index (Phi) is 6.07. The largest absolute Gasteiger partial charge is 0.771 e. The number of halogens is 1. The molecule has 0 radical (unpaired) electrons. The van der Waals surface area contributed by atoms with E-state index in [0.29, 0.717) is 25.5 Å². The van der Waals surface area contributed by atoms with Gasteiger partial charge in [0.1, 0.15) is 5.82 Å². The van der Waals surface area contributed by atoms with Crippen LogP contribution in [0.3, 0.4) is 0 Å². The van der Waals surface area contributed by atoms with Crippen LogP contribution in [0.15, 0.2) is 18.2 Å². The van der Waals surface area contributed by atoms with Gasteiger partial charge in [-0.1, -0.05) is 32.4 Å². The second-order valence-corrected chi connectivity index (χ2v) is 10.3. The van der Waals surface area contributed by atoms with Crippen molar-refractivity contribution in [3.8, 4) is 0 Å². The molecule has 7 nitrogen and oxygen atoms in total. The lowest BCUT2D eigenvalue weighted by molar-refractivity contribution is 0.0749. The number of thiophene rings is 1. The summed E-state index contributed by atoms with van der Waals surface area (Å²) in [6, 6.07) is 5.67. The summed E-state index contributed by atoms with van der Waals surface area (Å²) in [5, 5.41) is 7.81. The Morgan fingerprint density at radius 1 is 1.44 bits per heavy atom. The Balaban J connectivity index is 1.77. The zero-order chi connectivity index (χ0) is 19.8. The maximum absolute atomic E-state index is 12.8. The first-order valence-electron chi connectivity index (χ1n) is 8.54. The molecule has 3 rings (SSSR count). The van der Waals surface area contributed by atoms with E-state index in [2.05, 4.69) is 10.4 Å². The molecule has 1 unspecified atom stereocenters. The fraction of sp³-hybridized carbons (Fsp3) is 0.529. The van der Waals surface area contributed by atoms with Crippen molar-refractivity contribution >= 4 is 45.7 Å². The van der Waals surface area contributed by atoms with E-state index in [1.165, 1.54) is 16.0 Å².